The summed E-state index contributed by atoms with van der Waals surface area (Å²) in [6, 6.07) is 0. The van der Waals surface area contributed by atoms with Crippen molar-refractivity contribution in [3.8, 4) is 0 Å². The van der Waals surface area contributed by atoms with Crippen LogP contribution in [0.3, 0.4) is 0 Å². The molecule has 0 aromatic rings. The van der Waals surface area contributed by atoms with Gasteiger partial charge in [-0.1, -0.05) is 71.1 Å². The number of rotatable bonds is 12. The second-order valence-corrected chi connectivity index (χ2v) is 4.66. The van der Waals surface area contributed by atoms with Gasteiger partial charge in [-0.15, -0.1) is 0 Å². The predicted octanol–water partition coefficient (Wildman–Crippen LogP) is 0.441. The Balaban J connectivity index is 0. The molecule has 0 aromatic heterocycles. The molecule has 0 unspecified atom stereocenters. The molecule has 3 heteroatoms. The summed E-state index contributed by atoms with van der Waals surface area (Å²) < 4.78 is 0. The molecule has 96 valence electrons. The number of aliphatic carboxylic acids is 1. The maximum Gasteiger partial charge on any atom is 1.00 e. The third kappa shape index (κ3) is 19.0. The van der Waals surface area contributed by atoms with Crippen molar-refractivity contribution in [2.75, 3.05) is 0 Å². The van der Waals surface area contributed by atoms with Crippen LogP contribution in [-0.4, -0.2) is 5.97 Å². The minimum Gasteiger partial charge on any atom is -0.550 e. The molecule has 0 aromatic carbocycles. The summed E-state index contributed by atoms with van der Waals surface area (Å²) in [5, 5.41) is 10.1. The summed E-state index contributed by atoms with van der Waals surface area (Å²) in [6.07, 6.45) is 14.0. The van der Waals surface area contributed by atoms with Crippen LogP contribution in [0.5, 0.6) is 0 Å². The van der Waals surface area contributed by atoms with E-state index < -0.39 is 5.97 Å². The monoisotopic (exact) mass is 250 g/mol. The molecular formula is C14H27NaO2. The molecule has 0 aliphatic carbocycles. The normalized spacial score (nSPS) is 9.94. The van der Waals surface area contributed by atoms with Gasteiger partial charge in [0.2, 0.25) is 0 Å². The fourth-order valence-corrected chi connectivity index (χ4v) is 1.93. The van der Waals surface area contributed by atoms with Gasteiger partial charge in [-0.05, 0) is 12.8 Å². The van der Waals surface area contributed by atoms with E-state index in [1.54, 1.807) is 0 Å². The van der Waals surface area contributed by atoms with Crippen molar-refractivity contribution in [3.63, 3.8) is 0 Å². The number of carbonyl (C=O) groups excluding carboxylic acids is 1. The number of carbonyl (C=O) groups is 1. The molecule has 0 saturated heterocycles. The van der Waals surface area contributed by atoms with Gasteiger partial charge in [0.25, 0.3) is 0 Å². The van der Waals surface area contributed by atoms with Gasteiger partial charge in [0.1, 0.15) is 0 Å². The zero-order chi connectivity index (χ0) is 12.1. The van der Waals surface area contributed by atoms with Crippen molar-refractivity contribution >= 4 is 5.97 Å². The minimum absolute atomic E-state index is 0. The van der Waals surface area contributed by atoms with Gasteiger partial charge in [0.15, 0.2) is 0 Å². The third-order valence-electron chi connectivity index (χ3n) is 2.98. The molecule has 0 N–H and O–H groups in total. The Morgan fingerprint density at radius 1 is 0.765 bits per heavy atom. The molecule has 0 bridgehead atoms. The average Bonchev–Trinajstić information content (AvgIpc) is 2.25. The number of carboxylic acids is 1. The van der Waals surface area contributed by atoms with Crippen LogP contribution >= 0.6 is 0 Å². The average molecular weight is 250 g/mol. The van der Waals surface area contributed by atoms with Gasteiger partial charge >= 0.3 is 29.6 Å². The van der Waals surface area contributed by atoms with Crippen LogP contribution in [-0.2, 0) is 4.79 Å². The minimum atomic E-state index is -0.907. The molecule has 0 radical (unpaired) electrons. The summed E-state index contributed by atoms with van der Waals surface area (Å²) in [6.45, 7) is 2.24. The standard InChI is InChI=1S/C14H28O2.Na/c1-2-3-4-5-6-7-8-9-10-11-12-13-14(15)16;/h2-13H2,1H3,(H,15,16);/q;+1/p-1. The van der Waals surface area contributed by atoms with Crippen LogP contribution in [0.15, 0.2) is 0 Å². The van der Waals surface area contributed by atoms with Gasteiger partial charge in [0.05, 0.1) is 0 Å². The van der Waals surface area contributed by atoms with E-state index in [0.717, 1.165) is 12.8 Å². The van der Waals surface area contributed by atoms with Crippen LogP contribution in [0.2, 0.25) is 0 Å². The van der Waals surface area contributed by atoms with E-state index in [1.807, 2.05) is 0 Å². The first kappa shape index (κ1) is 19.8. The van der Waals surface area contributed by atoms with Gasteiger partial charge < -0.3 is 9.90 Å². The summed E-state index contributed by atoms with van der Waals surface area (Å²) >= 11 is 0. The Hall–Kier alpha value is 0.470. The van der Waals surface area contributed by atoms with Crippen LogP contribution in [0, 0.1) is 0 Å². The molecule has 0 heterocycles. The Kier molecular flexibility index (Phi) is 19.2. The Labute approximate surface area is 129 Å². The van der Waals surface area contributed by atoms with Crippen molar-refractivity contribution in [1.29, 1.82) is 0 Å². The quantitative estimate of drug-likeness (QED) is 0.372. The van der Waals surface area contributed by atoms with Gasteiger partial charge in [-0.3, -0.25) is 0 Å². The van der Waals surface area contributed by atoms with Gasteiger partial charge in [-0.2, -0.15) is 0 Å². The van der Waals surface area contributed by atoms with E-state index >= 15 is 0 Å². The zero-order valence-corrected chi connectivity index (χ0v) is 13.8. The fraction of sp³-hybridized carbons (Fsp3) is 0.929. The summed E-state index contributed by atoms with van der Waals surface area (Å²) in [5.74, 6) is -0.907. The van der Waals surface area contributed by atoms with E-state index in [9.17, 15) is 9.90 Å². The molecule has 0 spiro atoms. The van der Waals surface area contributed by atoms with Crippen LogP contribution in [0.25, 0.3) is 0 Å². The van der Waals surface area contributed by atoms with Gasteiger partial charge in [-0.25, -0.2) is 0 Å². The van der Waals surface area contributed by atoms with Crippen LogP contribution in [0.4, 0.5) is 0 Å². The topological polar surface area (TPSA) is 40.1 Å². The van der Waals surface area contributed by atoms with Crippen molar-refractivity contribution in [2.45, 2.75) is 84.0 Å². The second kappa shape index (κ2) is 16.5. The first-order valence-corrected chi connectivity index (χ1v) is 6.97. The molecule has 0 fully saturated rings. The molecule has 0 amide bonds. The molecule has 0 aliphatic rings. The smallest absolute Gasteiger partial charge is 0.550 e. The van der Waals surface area contributed by atoms with Crippen molar-refractivity contribution in [2.24, 2.45) is 0 Å². The SMILES string of the molecule is CCCCCCCCCCCCCC(=O)[O-].[Na+]. The molecule has 0 atom stereocenters. The van der Waals surface area contributed by atoms with Crippen molar-refractivity contribution < 1.29 is 39.5 Å². The van der Waals surface area contributed by atoms with Crippen molar-refractivity contribution in [3.05, 3.63) is 0 Å². The molecule has 2 nitrogen and oxygen atoms in total. The molecule has 17 heavy (non-hydrogen) atoms. The first-order valence-electron chi connectivity index (χ1n) is 6.97. The van der Waals surface area contributed by atoms with E-state index in [-0.39, 0.29) is 36.0 Å². The Morgan fingerprint density at radius 2 is 1.12 bits per heavy atom. The molecular weight excluding hydrogens is 223 g/mol. The summed E-state index contributed by atoms with van der Waals surface area (Å²) in [7, 11) is 0. The second-order valence-electron chi connectivity index (χ2n) is 4.66. The zero-order valence-electron chi connectivity index (χ0n) is 11.8. The van der Waals surface area contributed by atoms with Crippen molar-refractivity contribution in [1.82, 2.24) is 0 Å². The first-order chi connectivity index (χ1) is 7.77. The number of unbranched alkanes of at least 4 members (excludes halogenated alkanes) is 10. The maximum absolute atomic E-state index is 10.1. The number of hydrogen-bond donors (Lipinski definition) is 0. The predicted molar refractivity (Wildman–Crippen MR) is 66.1 cm³/mol. The summed E-state index contributed by atoms with van der Waals surface area (Å²) in [4.78, 5) is 10.1. The van der Waals surface area contributed by atoms with E-state index in [2.05, 4.69) is 6.92 Å². The van der Waals surface area contributed by atoms with E-state index in [1.165, 1.54) is 57.8 Å². The van der Waals surface area contributed by atoms with Gasteiger partial charge in [0, 0.05) is 5.97 Å². The van der Waals surface area contributed by atoms with Crippen LogP contribution in [0.1, 0.15) is 84.0 Å². The number of carboxylic acid groups (broad SMARTS) is 1. The van der Waals surface area contributed by atoms with Crippen LogP contribution < -0.4 is 34.7 Å². The molecule has 0 rings (SSSR count). The molecule has 0 saturated carbocycles. The largest absolute Gasteiger partial charge is 1.00 e. The maximum atomic E-state index is 10.1. The Bertz CT molecular complexity index is 160. The van der Waals surface area contributed by atoms with E-state index in [4.69, 9.17) is 0 Å². The fourth-order valence-electron chi connectivity index (χ4n) is 1.93. The van der Waals surface area contributed by atoms with E-state index in [0.29, 0.717) is 0 Å². The number of hydrogen-bond acceptors (Lipinski definition) is 2. The molecule has 0 aliphatic heterocycles. The Morgan fingerprint density at radius 3 is 1.47 bits per heavy atom. The third-order valence-corrected chi connectivity index (χ3v) is 2.98. The summed E-state index contributed by atoms with van der Waals surface area (Å²) in [5.41, 5.74) is 0.